The summed E-state index contributed by atoms with van der Waals surface area (Å²) in [5, 5.41) is 5.92. The number of anilines is 3. The first-order chi connectivity index (χ1) is 15.4. The van der Waals surface area contributed by atoms with Gasteiger partial charge in [-0.25, -0.2) is 0 Å². The predicted octanol–water partition coefficient (Wildman–Crippen LogP) is 5.05. The second-order valence-electron chi connectivity index (χ2n) is 7.91. The van der Waals surface area contributed by atoms with Gasteiger partial charge in [-0.1, -0.05) is 38.1 Å². The topological polar surface area (TPSA) is 70.7 Å². The molecule has 3 aromatic rings. The van der Waals surface area contributed by atoms with Gasteiger partial charge in [-0.2, -0.15) is 0 Å². The van der Waals surface area contributed by atoms with Crippen molar-refractivity contribution < 1.29 is 14.3 Å². The smallest absolute Gasteiger partial charge is 0.258 e. The van der Waals surface area contributed by atoms with Gasteiger partial charge in [0.1, 0.15) is 5.75 Å². The van der Waals surface area contributed by atoms with E-state index >= 15 is 0 Å². The van der Waals surface area contributed by atoms with Gasteiger partial charge in [-0.05, 0) is 60.5 Å². The summed E-state index contributed by atoms with van der Waals surface area (Å²) in [4.78, 5) is 26.7. The maximum absolute atomic E-state index is 12.8. The number of carbonyl (C=O) groups is 2. The zero-order valence-electron chi connectivity index (χ0n) is 18.7. The van der Waals surface area contributed by atoms with Crippen molar-refractivity contribution in [1.82, 2.24) is 0 Å². The number of hydrogen-bond donors (Lipinski definition) is 2. The summed E-state index contributed by atoms with van der Waals surface area (Å²) in [6.45, 7) is 4.92. The number of para-hydroxylation sites is 1. The highest BCUT2D eigenvalue weighted by molar-refractivity contribution is 6.06. The van der Waals surface area contributed by atoms with Gasteiger partial charge in [0.25, 0.3) is 5.91 Å². The third kappa shape index (κ3) is 6.60. The molecule has 166 valence electrons. The van der Waals surface area contributed by atoms with Gasteiger partial charge in [0.2, 0.25) is 5.91 Å². The number of nitrogens with one attached hydrogen (secondary N) is 2. The Morgan fingerprint density at radius 3 is 2.31 bits per heavy atom. The Balaban J connectivity index is 1.53. The standard InChI is InChI=1S/C26H29N3O3/c1-19(2)18-32-24-14-12-21(13-15-24)28-25(30)17-27-22-9-7-8-20(16-22)26(31)29(3)23-10-5-4-6-11-23/h4-16,19,27H,17-18H2,1-3H3,(H,28,30). The lowest BCUT2D eigenvalue weighted by molar-refractivity contribution is -0.114. The van der Waals surface area contributed by atoms with Crippen LogP contribution in [0.2, 0.25) is 0 Å². The third-order valence-electron chi connectivity index (χ3n) is 4.73. The third-order valence-corrected chi connectivity index (χ3v) is 4.73. The summed E-state index contributed by atoms with van der Waals surface area (Å²) in [6.07, 6.45) is 0. The van der Waals surface area contributed by atoms with Crippen LogP contribution in [0.25, 0.3) is 0 Å². The van der Waals surface area contributed by atoms with Gasteiger partial charge in [0.15, 0.2) is 0 Å². The number of nitrogens with zero attached hydrogens (tertiary/aromatic N) is 1. The molecule has 3 rings (SSSR count). The van der Waals surface area contributed by atoms with E-state index in [0.717, 1.165) is 11.4 Å². The molecule has 0 radical (unpaired) electrons. The summed E-state index contributed by atoms with van der Waals surface area (Å²) in [5.74, 6) is 0.924. The van der Waals surface area contributed by atoms with E-state index in [0.29, 0.717) is 29.5 Å². The highest BCUT2D eigenvalue weighted by atomic mass is 16.5. The highest BCUT2D eigenvalue weighted by Crippen LogP contribution is 2.18. The molecule has 0 heterocycles. The number of ether oxygens (including phenoxy) is 1. The van der Waals surface area contributed by atoms with E-state index in [4.69, 9.17) is 4.74 Å². The molecule has 0 fully saturated rings. The Morgan fingerprint density at radius 1 is 0.906 bits per heavy atom. The van der Waals surface area contributed by atoms with E-state index in [1.165, 1.54) is 0 Å². The summed E-state index contributed by atoms with van der Waals surface area (Å²) in [6, 6.07) is 23.9. The lowest BCUT2D eigenvalue weighted by atomic mass is 10.1. The van der Waals surface area contributed by atoms with Gasteiger partial charge in [-0.15, -0.1) is 0 Å². The van der Waals surface area contributed by atoms with Crippen LogP contribution >= 0.6 is 0 Å². The number of benzene rings is 3. The SMILES string of the molecule is CC(C)COc1ccc(NC(=O)CNc2cccc(C(=O)N(C)c3ccccc3)c2)cc1. The fourth-order valence-electron chi connectivity index (χ4n) is 3.01. The van der Waals surface area contributed by atoms with Crippen molar-refractivity contribution >= 4 is 28.9 Å². The van der Waals surface area contributed by atoms with Crippen molar-refractivity contribution in [2.75, 3.05) is 35.7 Å². The van der Waals surface area contributed by atoms with Gasteiger partial charge in [0, 0.05) is 29.7 Å². The van der Waals surface area contributed by atoms with Crippen LogP contribution in [0.15, 0.2) is 78.9 Å². The summed E-state index contributed by atoms with van der Waals surface area (Å²) < 4.78 is 5.65. The molecule has 0 saturated carbocycles. The quantitative estimate of drug-likeness (QED) is 0.497. The van der Waals surface area contributed by atoms with E-state index in [2.05, 4.69) is 24.5 Å². The molecule has 0 aliphatic rings. The number of amides is 2. The van der Waals surface area contributed by atoms with Gasteiger partial charge < -0.3 is 20.3 Å². The molecule has 0 unspecified atom stereocenters. The molecule has 0 atom stereocenters. The molecule has 0 bridgehead atoms. The molecule has 32 heavy (non-hydrogen) atoms. The number of rotatable bonds is 9. The Bertz CT molecular complexity index is 1030. The summed E-state index contributed by atoms with van der Waals surface area (Å²) >= 11 is 0. The zero-order chi connectivity index (χ0) is 22.9. The minimum absolute atomic E-state index is 0.0811. The van der Waals surface area contributed by atoms with Crippen LogP contribution in [0.5, 0.6) is 5.75 Å². The molecule has 2 amide bonds. The Hall–Kier alpha value is -3.80. The van der Waals surface area contributed by atoms with Crippen molar-refractivity contribution in [2.24, 2.45) is 5.92 Å². The predicted molar refractivity (Wildman–Crippen MR) is 130 cm³/mol. The summed E-state index contributed by atoms with van der Waals surface area (Å²) in [7, 11) is 1.74. The zero-order valence-corrected chi connectivity index (χ0v) is 18.7. The maximum atomic E-state index is 12.8. The van der Waals surface area contributed by atoms with E-state index in [1.54, 1.807) is 30.1 Å². The molecule has 0 aromatic heterocycles. The van der Waals surface area contributed by atoms with Gasteiger partial charge >= 0.3 is 0 Å². The average molecular weight is 432 g/mol. The lowest BCUT2D eigenvalue weighted by Crippen LogP contribution is -2.26. The van der Waals surface area contributed by atoms with Crippen molar-refractivity contribution in [3.63, 3.8) is 0 Å². The van der Waals surface area contributed by atoms with Crippen LogP contribution in [0.3, 0.4) is 0 Å². The second kappa shape index (κ2) is 11.0. The molecule has 3 aromatic carbocycles. The molecule has 0 saturated heterocycles. The molecule has 2 N–H and O–H groups in total. The summed E-state index contributed by atoms with van der Waals surface area (Å²) in [5.41, 5.74) is 2.75. The van der Waals surface area contributed by atoms with Crippen LogP contribution in [-0.4, -0.2) is 32.0 Å². The largest absolute Gasteiger partial charge is 0.493 e. The van der Waals surface area contributed by atoms with Gasteiger partial charge in [0.05, 0.1) is 13.2 Å². The molecule has 0 aliphatic heterocycles. The van der Waals surface area contributed by atoms with E-state index < -0.39 is 0 Å². The van der Waals surface area contributed by atoms with E-state index in [-0.39, 0.29) is 18.4 Å². The minimum atomic E-state index is -0.181. The lowest BCUT2D eigenvalue weighted by Gasteiger charge is -2.18. The maximum Gasteiger partial charge on any atom is 0.258 e. The van der Waals surface area contributed by atoms with Crippen LogP contribution in [-0.2, 0) is 4.79 Å². The normalized spacial score (nSPS) is 10.5. The van der Waals surface area contributed by atoms with Crippen molar-refractivity contribution in [2.45, 2.75) is 13.8 Å². The first-order valence-corrected chi connectivity index (χ1v) is 10.6. The van der Waals surface area contributed by atoms with Crippen molar-refractivity contribution in [1.29, 1.82) is 0 Å². The number of carbonyl (C=O) groups excluding carboxylic acids is 2. The molecule has 0 spiro atoms. The van der Waals surface area contributed by atoms with Crippen molar-refractivity contribution in [3.8, 4) is 5.75 Å². The fraction of sp³-hybridized carbons (Fsp3) is 0.231. The average Bonchev–Trinajstić information content (AvgIpc) is 2.82. The Kier molecular flexibility index (Phi) is 7.86. The van der Waals surface area contributed by atoms with Crippen LogP contribution in [0.1, 0.15) is 24.2 Å². The molecule has 0 aliphatic carbocycles. The van der Waals surface area contributed by atoms with Gasteiger partial charge in [-0.3, -0.25) is 9.59 Å². The second-order valence-corrected chi connectivity index (χ2v) is 7.91. The molecular formula is C26H29N3O3. The number of hydrogen-bond acceptors (Lipinski definition) is 4. The van der Waals surface area contributed by atoms with E-state index in [1.807, 2.05) is 60.7 Å². The Morgan fingerprint density at radius 2 is 1.62 bits per heavy atom. The van der Waals surface area contributed by atoms with Crippen LogP contribution in [0.4, 0.5) is 17.1 Å². The molecule has 6 heteroatoms. The first kappa shape index (κ1) is 22.9. The molecular weight excluding hydrogens is 402 g/mol. The fourth-order valence-corrected chi connectivity index (χ4v) is 3.01. The molecule has 6 nitrogen and oxygen atoms in total. The van der Waals surface area contributed by atoms with E-state index in [9.17, 15) is 9.59 Å². The van der Waals surface area contributed by atoms with Crippen LogP contribution < -0.4 is 20.3 Å². The van der Waals surface area contributed by atoms with Crippen LogP contribution in [0, 0.1) is 5.92 Å². The van der Waals surface area contributed by atoms with Crippen molar-refractivity contribution in [3.05, 3.63) is 84.4 Å². The first-order valence-electron chi connectivity index (χ1n) is 10.6. The Labute approximate surface area is 189 Å². The monoisotopic (exact) mass is 431 g/mol. The highest BCUT2D eigenvalue weighted by Gasteiger charge is 2.14. The minimum Gasteiger partial charge on any atom is -0.493 e.